The van der Waals surface area contributed by atoms with E-state index in [0.29, 0.717) is 0 Å². The van der Waals surface area contributed by atoms with E-state index in [1.54, 1.807) is 12.5 Å². The van der Waals surface area contributed by atoms with Crippen molar-refractivity contribution in [3.05, 3.63) is 28.7 Å². The highest BCUT2D eigenvalue weighted by atomic mass is 79.9. The third-order valence-electron chi connectivity index (χ3n) is 0.870. The Morgan fingerprint density at radius 3 is 1.83 bits per heavy atom. The number of anilines is 1. The summed E-state index contributed by atoms with van der Waals surface area (Å²) < 4.78 is 10.6. The summed E-state index contributed by atoms with van der Waals surface area (Å²) in [6.07, 6.45) is 3.28. The number of rotatable bonds is 0. The fourth-order valence-corrected chi connectivity index (χ4v) is 0.727. The average Bonchev–Trinajstić information content (AvgIpc) is 1.94. The van der Waals surface area contributed by atoms with E-state index in [1.165, 1.54) is 0 Å². The van der Waals surface area contributed by atoms with Crippen LogP contribution in [-0.2, 0) is 10.8 Å². The van der Waals surface area contributed by atoms with Crippen LogP contribution >= 0.6 is 15.9 Å². The molecule has 0 atom stereocenters. The second-order valence-corrected chi connectivity index (χ2v) is 4.69. The van der Waals surface area contributed by atoms with Crippen LogP contribution in [0.25, 0.3) is 0 Å². The van der Waals surface area contributed by atoms with Gasteiger partial charge in [-0.05, 0) is 24.3 Å². The largest absolute Gasteiger partial charge is 0.399 e. The van der Waals surface area contributed by atoms with E-state index in [1.807, 2.05) is 24.3 Å². The first-order valence-electron chi connectivity index (χ1n) is 3.28. The fraction of sp³-hybridized carbons (Fsp3) is 0.250. The van der Waals surface area contributed by atoms with Crippen LogP contribution < -0.4 is 5.73 Å². The summed E-state index contributed by atoms with van der Waals surface area (Å²) in [5.41, 5.74) is 6.21. The predicted octanol–water partition coefficient (Wildman–Crippen LogP) is 2.03. The molecule has 2 nitrogen and oxygen atoms in total. The highest BCUT2D eigenvalue weighted by Crippen LogP contribution is 2.10. The van der Waals surface area contributed by atoms with Crippen LogP contribution in [0, 0.1) is 0 Å². The zero-order valence-corrected chi connectivity index (χ0v) is 9.48. The Labute approximate surface area is 83.7 Å². The minimum atomic E-state index is -0.611. The first kappa shape index (κ1) is 11.6. The van der Waals surface area contributed by atoms with Crippen molar-refractivity contribution in [1.82, 2.24) is 0 Å². The topological polar surface area (TPSA) is 43.1 Å². The molecule has 0 aliphatic rings. The molecule has 0 radical (unpaired) electrons. The summed E-state index contributed by atoms with van der Waals surface area (Å²) in [4.78, 5) is 0. The van der Waals surface area contributed by atoms with Crippen LogP contribution in [0.3, 0.4) is 0 Å². The summed E-state index contributed by atoms with van der Waals surface area (Å²) in [7, 11) is -0.611. The van der Waals surface area contributed by atoms with Gasteiger partial charge in [-0.1, -0.05) is 15.9 Å². The van der Waals surface area contributed by atoms with Gasteiger partial charge < -0.3 is 5.73 Å². The van der Waals surface area contributed by atoms with Crippen molar-refractivity contribution in [3.8, 4) is 0 Å². The predicted molar refractivity (Wildman–Crippen MR) is 58.5 cm³/mol. The molecule has 0 saturated heterocycles. The minimum absolute atomic E-state index is 0.611. The molecule has 1 rings (SSSR count). The highest BCUT2D eigenvalue weighted by Gasteiger charge is 1.81. The molecule has 2 N–H and O–H groups in total. The van der Waals surface area contributed by atoms with Crippen molar-refractivity contribution in [1.29, 1.82) is 0 Å². The van der Waals surface area contributed by atoms with E-state index in [4.69, 9.17) is 5.73 Å². The average molecular weight is 250 g/mol. The number of benzene rings is 1. The Bertz CT molecular complexity index is 223. The summed E-state index contributed by atoms with van der Waals surface area (Å²) in [5, 5.41) is 0. The third kappa shape index (κ3) is 7.75. The van der Waals surface area contributed by atoms with E-state index in [0.717, 1.165) is 10.2 Å². The van der Waals surface area contributed by atoms with Crippen molar-refractivity contribution in [2.45, 2.75) is 0 Å². The Kier molecular flexibility index (Phi) is 6.02. The summed E-state index contributed by atoms with van der Waals surface area (Å²) in [6.45, 7) is 0. The maximum Gasteiger partial charge on any atom is 0.0314 e. The molecular weight excluding hydrogens is 238 g/mol. The molecule has 4 heteroatoms. The lowest BCUT2D eigenvalue weighted by Gasteiger charge is -1.88. The number of hydrogen-bond acceptors (Lipinski definition) is 2. The SMILES string of the molecule is CS(C)=O.Nc1ccc(Br)cc1. The standard InChI is InChI=1S/C6H6BrN.C2H6OS/c7-5-1-3-6(8)4-2-5;1-4(2)3/h1-4H,8H2;1-2H3. The normalized spacial score (nSPS) is 9.00. The van der Waals surface area contributed by atoms with Crippen LogP contribution in [0.2, 0.25) is 0 Å². The van der Waals surface area contributed by atoms with E-state index in [9.17, 15) is 4.21 Å². The molecule has 0 saturated carbocycles. The van der Waals surface area contributed by atoms with Crippen LogP contribution in [0.15, 0.2) is 28.7 Å². The van der Waals surface area contributed by atoms with Crippen LogP contribution in [0.4, 0.5) is 5.69 Å². The molecular formula is C8H12BrNOS. The Balaban J connectivity index is 0.000000261. The molecule has 68 valence electrons. The smallest absolute Gasteiger partial charge is 0.0314 e. The van der Waals surface area contributed by atoms with Crippen molar-refractivity contribution in [2.24, 2.45) is 0 Å². The van der Waals surface area contributed by atoms with Crippen molar-refractivity contribution in [3.63, 3.8) is 0 Å². The summed E-state index contributed by atoms with van der Waals surface area (Å²) in [6, 6.07) is 7.53. The van der Waals surface area contributed by atoms with E-state index in [-0.39, 0.29) is 0 Å². The second-order valence-electron chi connectivity index (χ2n) is 2.29. The molecule has 12 heavy (non-hydrogen) atoms. The molecule has 1 aromatic rings. The molecule has 1 aromatic carbocycles. The first-order valence-corrected chi connectivity index (χ1v) is 6.04. The lowest BCUT2D eigenvalue weighted by atomic mass is 10.3. The lowest BCUT2D eigenvalue weighted by Crippen LogP contribution is -1.80. The summed E-state index contributed by atoms with van der Waals surface area (Å²) >= 11 is 3.29. The molecule has 0 aromatic heterocycles. The van der Waals surface area contributed by atoms with Crippen LogP contribution in [0.1, 0.15) is 0 Å². The Hall–Kier alpha value is -0.350. The highest BCUT2D eigenvalue weighted by molar-refractivity contribution is 9.10. The van der Waals surface area contributed by atoms with Gasteiger partial charge in [0.2, 0.25) is 0 Å². The molecule has 0 heterocycles. The van der Waals surface area contributed by atoms with Gasteiger partial charge in [0.25, 0.3) is 0 Å². The molecule has 0 bridgehead atoms. The van der Waals surface area contributed by atoms with Crippen LogP contribution in [-0.4, -0.2) is 16.7 Å². The maximum atomic E-state index is 9.56. The molecule has 0 spiro atoms. The number of halogens is 1. The van der Waals surface area contributed by atoms with E-state index in [2.05, 4.69) is 15.9 Å². The fourth-order valence-electron chi connectivity index (χ4n) is 0.463. The van der Waals surface area contributed by atoms with Gasteiger partial charge in [-0.25, -0.2) is 0 Å². The van der Waals surface area contributed by atoms with E-state index < -0.39 is 10.8 Å². The lowest BCUT2D eigenvalue weighted by molar-refractivity contribution is 0.690. The minimum Gasteiger partial charge on any atom is -0.399 e. The van der Waals surface area contributed by atoms with Crippen LogP contribution in [0.5, 0.6) is 0 Å². The van der Waals surface area contributed by atoms with Gasteiger partial charge in [0.1, 0.15) is 0 Å². The molecule has 0 unspecified atom stereocenters. The van der Waals surface area contributed by atoms with E-state index >= 15 is 0 Å². The zero-order valence-electron chi connectivity index (χ0n) is 7.08. The van der Waals surface area contributed by atoms with Crippen molar-refractivity contribution < 1.29 is 4.21 Å². The molecule has 0 aliphatic heterocycles. The molecule has 0 fully saturated rings. The zero-order chi connectivity index (χ0) is 9.56. The van der Waals surface area contributed by atoms with Gasteiger partial charge in [-0.3, -0.25) is 4.21 Å². The maximum absolute atomic E-state index is 9.56. The first-order chi connectivity index (χ1) is 5.52. The number of nitrogen functional groups attached to an aromatic ring is 1. The van der Waals surface area contributed by atoms with Crippen molar-refractivity contribution in [2.75, 3.05) is 18.2 Å². The molecule has 0 amide bonds. The number of hydrogen-bond donors (Lipinski definition) is 1. The Morgan fingerprint density at radius 1 is 1.25 bits per heavy atom. The van der Waals surface area contributed by atoms with Crippen molar-refractivity contribution >= 4 is 32.4 Å². The Morgan fingerprint density at radius 2 is 1.58 bits per heavy atom. The number of nitrogens with two attached hydrogens (primary N) is 1. The van der Waals surface area contributed by atoms with Gasteiger partial charge >= 0.3 is 0 Å². The summed E-state index contributed by atoms with van der Waals surface area (Å²) in [5.74, 6) is 0. The third-order valence-corrected chi connectivity index (χ3v) is 1.40. The second kappa shape index (κ2) is 6.20. The quantitative estimate of drug-likeness (QED) is 0.716. The van der Waals surface area contributed by atoms with Gasteiger partial charge in [-0.2, -0.15) is 0 Å². The monoisotopic (exact) mass is 249 g/mol. The van der Waals surface area contributed by atoms with Gasteiger partial charge in [-0.15, -0.1) is 0 Å². The van der Waals surface area contributed by atoms with Gasteiger partial charge in [0, 0.05) is 33.5 Å². The molecule has 0 aliphatic carbocycles. The van der Waals surface area contributed by atoms with Gasteiger partial charge in [0.15, 0.2) is 0 Å². The van der Waals surface area contributed by atoms with Gasteiger partial charge in [0.05, 0.1) is 0 Å².